The maximum Gasteiger partial charge on any atom is 0.213 e. The maximum absolute atomic E-state index is 14.5. The summed E-state index contributed by atoms with van der Waals surface area (Å²) in [6, 6.07) is 3.20. The highest BCUT2D eigenvalue weighted by Gasteiger charge is 2.24. The molecule has 32 heavy (non-hydrogen) atoms. The lowest BCUT2D eigenvalue weighted by Crippen LogP contribution is -2.40. The van der Waals surface area contributed by atoms with Gasteiger partial charge in [-0.05, 0) is 31.0 Å². The van der Waals surface area contributed by atoms with E-state index < -0.39 is 0 Å². The molecule has 0 spiro atoms. The van der Waals surface area contributed by atoms with Gasteiger partial charge in [0.25, 0.3) is 0 Å². The Morgan fingerprint density at radius 2 is 2.16 bits per heavy atom. The smallest absolute Gasteiger partial charge is 0.213 e. The van der Waals surface area contributed by atoms with Crippen molar-refractivity contribution in [3.8, 4) is 16.9 Å². The fourth-order valence-corrected chi connectivity index (χ4v) is 4.60. The van der Waals surface area contributed by atoms with Gasteiger partial charge in [-0.2, -0.15) is 5.10 Å². The molecule has 0 fully saturated rings. The summed E-state index contributed by atoms with van der Waals surface area (Å²) < 4.78 is 29.3. The van der Waals surface area contributed by atoms with Crippen molar-refractivity contribution >= 4 is 5.65 Å². The van der Waals surface area contributed by atoms with E-state index in [0.29, 0.717) is 31.6 Å². The lowest BCUT2D eigenvalue weighted by Gasteiger charge is -2.10. The van der Waals surface area contributed by atoms with Gasteiger partial charge in [0.15, 0.2) is 12.2 Å². The fourth-order valence-electron chi connectivity index (χ4n) is 4.60. The predicted octanol–water partition coefficient (Wildman–Crippen LogP) is 2.53. The zero-order valence-electron chi connectivity index (χ0n) is 18.5. The van der Waals surface area contributed by atoms with E-state index in [1.165, 1.54) is 6.07 Å². The SMILES string of the molecule is COCC[n+]1[nH]c(C)c(-c2cnc(CCc3c(F)ccc4c3CCO4)n3cnnc23)c1C. The normalized spacial score (nSPS) is 13.0. The molecule has 0 saturated heterocycles. The number of ether oxygens (including phenoxy) is 2. The first-order valence-electron chi connectivity index (χ1n) is 10.8. The van der Waals surface area contributed by atoms with Gasteiger partial charge in [0.2, 0.25) is 5.69 Å². The second-order valence-corrected chi connectivity index (χ2v) is 8.06. The Kier molecular flexibility index (Phi) is 5.34. The van der Waals surface area contributed by atoms with E-state index in [2.05, 4.69) is 26.9 Å². The van der Waals surface area contributed by atoms with E-state index >= 15 is 0 Å². The van der Waals surface area contributed by atoms with Crippen LogP contribution in [-0.2, 0) is 30.5 Å². The highest BCUT2D eigenvalue weighted by Crippen LogP contribution is 2.31. The molecule has 0 saturated carbocycles. The number of nitrogens with one attached hydrogen (secondary N) is 1. The predicted molar refractivity (Wildman–Crippen MR) is 115 cm³/mol. The van der Waals surface area contributed by atoms with Crippen LogP contribution in [0.2, 0.25) is 0 Å². The highest BCUT2D eigenvalue weighted by atomic mass is 19.1. The van der Waals surface area contributed by atoms with Gasteiger partial charge in [-0.1, -0.05) is 0 Å². The third kappa shape index (κ3) is 3.42. The number of hydrogen-bond acceptors (Lipinski definition) is 5. The zero-order valence-corrected chi connectivity index (χ0v) is 18.5. The van der Waals surface area contributed by atoms with Crippen LogP contribution >= 0.6 is 0 Å². The largest absolute Gasteiger partial charge is 0.493 e. The molecule has 5 rings (SSSR count). The molecular weight excluding hydrogens is 411 g/mol. The van der Waals surface area contributed by atoms with Crippen molar-refractivity contribution in [2.45, 2.75) is 39.7 Å². The zero-order chi connectivity index (χ0) is 22.2. The van der Waals surface area contributed by atoms with E-state index in [-0.39, 0.29) is 5.82 Å². The van der Waals surface area contributed by atoms with Gasteiger partial charge >= 0.3 is 0 Å². The second-order valence-electron chi connectivity index (χ2n) is 8.06. The lowest BCUT2D eigenvalue weighted by atomic mass is 10.00. The van der Waals surface area contributed by atoms with Crippen LogP contribution in [0.4, 0.5) is 4.39 Å². The third-order valence-corrected chi connectivity index (χ3v) is 6.18. The first kappa shape index (κ1) is 20.6. The summed E-state index contributed by atoms with van der Waals surface area (Å²) in [5.41, 5.74) is 6.50. The number of aromatic nitrogens is 6. The number of methoxy groups -OCH3 is 1. The average Bonchev–Trinajstić information content (AvgIpc) is 3.51. The van der Waals surface area contributed by atoms with E-state index in [4.69, 9.17) is 14.5 Å². The number of fused-ring (bicyclic) bond motifs is 2. The number of nitrogens with zero attached hydrogens (tertiary/aromatic N) is 5. The monoisotopic (exact) mass is 437 g/mol. The van der Waals surface area contributed by atoms with Crippen molar-refractivity contribution in [3.05, 3.63) is 58.8 Å². The first-order chi connectivity index (χ1) is 15.6. The van der Waals surface area contributed by atoms with Crippen LogP contribution in [0.5, 0.6) is 5.75 Å². The summed E-state index contributed by atoms with van der Waals surface area (Å²) in [4.78, 5) is 4.73. The molecule has 0 unspecified atom stereocenters. The second kappa shape index (κ2) is 8.31. The molecule has 0 amide bonds. The third-order valence-electron chi connectivity index (χ3n) is 6.18. The number of aryl methyl sites for hydroxylation is 2. The van der Waals surface area contributed by atoms with Gasteiger partial charge in [-0.15, -0.1) is 14.9 Å². The molecule has 0 aliphatic carbocycles. The van der Waals surface area contributed by atoms with Crippen LogP contribution < -0.4 is 9.42 Å². The van der Waals surface area contributed by atoms with Crippen molar-refractivity contribution in [1.29, 1.82) is 0 Å². The Bertz CT molecular complexity index is 1300. The molecule has 9 heteroatoms. The standard InChI is InChI=1S/C23H25FN6O2/c1-14-22(15(2)30(28-14)9-11-31-3)18-12-25-21(29-13-26-27-23(18)29)7-4-16-17-8-10-32-20(17)6-5-19(16)24/h5-6,12-13H,4,7-11H2,1-3H3/p+1. The van der Waals surface area contributed by atoms with Gasteiger partial charge in [0.1, 0.15) is 30.3 Å². The Hall–Kier alpha value is -3.33. The number of halogens is 1. The van der Waals surface area contributed by atoms with Crippen LogP contribution in [-0.4, -0.2) is 45.0 Å². The first-order valence-corrected chi connectivity index (χ1v) is 10.8. The molecule has 1 N–H and O–H groups in total. The molecule has 0 bridgehead atoms. The number of rotatable bonds is 7. The van der Waals surface area contributed by atoms with E-state index in [9.17, 15) is 4.39 Å². The Morgan fingerprint density at radius 3 is 3.00 bits per heavy atom. The summed E-state index contributed by atoms with van der Waals surface area (Å²) in [6.07, 6.45) is 5.37. The van der Waals surface area contributed by atoms with E-state index in [1.807, 2.05) is 17.5 Å². The maximum atomic E-state index is 14.5. The quantitative estimate of drug-likeness (QED) is 0.450. The Balaban J connectivity index is 1.48. The molecular formula is C23H26FN6O2+. The van der Waals surface area contributed by atoms with Crippen LogP contribution in [0.25, 0.3) is 16.8 Å². The molecule has 1 aliphatic rings. The number of aromatic amines is 1. The highest BCUT2D eigenvalue weighted by molar-refractivity contribution is 5.78. The summed E-state index contributed by atoms with van der Waals surface area (Å²) in [5, 5.41) is 11.9. The summed E-state index contributed by atoms with van der Waals surface area (Å²) in [7, 11) is 1.69. The van der Waals surface area contributed by atoms with Crippen LogP contribution in [0, 0.1) is 19.7 Å². The van der Waals surface area contributed by atoms with Crippen molar-refractivity contribution in [3.63, 3.8) is 0 Å². The summed E-state index contributed by atoms with van der Waals surface area (Å²) in [5.74, 6) is 1.40. The topological polar surface area (TPSA) is 81.2 Å². The van der Waals surface area contributed by atoms with Gasteiger partial charge in [-0.25, -0.2) is 9.37 Å². The molecule has 1 aliphatic heterocycles. The molecule has 4 aromatic rings. The van der Waals surface area contributed by atoms with Crippen LogP contribution in [0.1, 0.15) is 28.3 Å². The Labute approximate surface area is 185 Å². The van der Waals surface area contributed by atoms with E-state index in [0.717, 1.165) is 58.3 Å². The van der Waals surface area contributed by atoms with Gasteiger partial charge in [0.05, 0.1) is 23.4 Å². The number of hydrogen-bond donors (Lipinski definition) is 1. The molecule has 0 atom stereocenters. The van der Waals surface area contributed by atoms with Crippen molar-refractivity contribution < 1.29 is 18.5 Å². The molecule has 0 radical (unpaired) electrons. The minimum absolute atomic E-state index is 0.190. The van der Waals surface area contributed by atoms with Crippen LogP contribution in [0.3, 0.4) is 0 Å². The lowest BCUT2D eigenvalue weighted by molar-refractivity contribution is -0.756. The summed E-state index contributed by atoms with van der Waals surface area (Å²) in [6.45, 7) is 6.05. The minimum atomic E-state index is -0.190. The van der Waals surface area contributed by atoms with Crippen molar-refractivity contribution in [2.75, 3.05) is 20.3 Å². The Morgan fingerprint density at radius 1 is 1.28 bits per heavy atom. The minimum Gasteiger partial charge on any atom is -0.493 e. The fraction of sp³-hybridized carbons (Fsp3) is 0.391. The van der Waals surface area contributed by atoms with Gasteiger partial charge < -0.3 is 9.47 Å². The summed E-state index contributed by atoms with van der Waals surface area (Å²) >= 11 is 0. The number of benzene rings is 1. The van der Waals surface area contributed by atoms with E-state index in [1.54, 1.807) is 19.5 Å². The van der Waals surface area contributed by atoms with Crippen molar-refractivity contribution in [2.24, 2.45) is 0 Å². The molecule has 3 aromatic heterocycles. The van der Waals surface area contributed by atoms with Crippen LogP contribution in [0.15, 0.2) is 24.7 Å². The molecule has 1 aromatic carbocycles. The average molecular weight is 437 g/mol. The van der Waals surface area contributed by atoms with Gasteiger partial charge in [-0.3, -0.25) is 4.40 Å². The number of H-pyrrole nitrogens is 1. The molecule has 8 nitrogen and oxygen atoms in total. The molecule has 4 heterocycles. The van der Waals surface area contributed by atoms with Crippen molar-refractivity contribution in [1.82, 2.24) is 24.7 Å². The van der Waals surface area contributed by atoms with Gasteiger partial charge in [0, 0.05) is 38.6 Å². The molecule has 166 valence electrons.